The second-order valence-electron chi connectivity index (χ2n) is 4.56. The number of hydrogen-bond donors (Lipinski definition) is 2. The van der Waals surface area contributed by atoms with E-state index in [0.717, 1.165) is 24.9 Å². The highest BCUT2D eigenvalue weighted by atomic mass is 35.5. The van der Waals surface area contributed by atoms with E-state index in [1.807, 2.05) is 0 Å². The Balaban J connectivity index is 2.24. The second kappa shape index (κ2) is 5.59. The fourth-order valence-corrected chi connectivity index (χ4v) is 2.59. The van der Waals surface area contributed by atoms with E-state index >= 15 is 0 Å². The number of benzene rings is 1. The molecule has 0 aromatic heterocycles. The van der Waals surface area contributed by atoms with E-state index in [2.05, 4.69) is 0 Å². The molecule has 0 heterocycles. The van der Waals surface area contributed by atoms with Crippen LogP contribution in [-0.2, 0) is 4.79 Å². The summed E-state index contributed by atoms with van der Waals surface area (Å²) < 4.78 is 0. The van der Waals surface area contributed by atoms with E-state index in [-0.39, 0.29) is 12.6 Å². The molecule has 0 bridgehead atoms. The molecule has 18 heavy (non-hydrogen) atoms. The first kappa shape index (κ1) is 13.2. The van der Waals surface area contributed by atoms with Crippen LogP contribution in [0.1, 0.15) is 19.3 Å². The van der Waals surface area contributed by atoms with Gasteiger partial charge in [-0.15, -0.1) is 0 Å². The molecule has 0 radical (unpaired) electrons. The fraction of sp³-hybridized carbons (Fsp3) is 0.462. The molecule has 2 N–H and O–H groups in total. The van der Waals surface area contributed by atoms with E-state index in [1.54, 1.807) is 29.2 Å². The number of carboxylic acids is 1. The predicted octanol–water partition coefficient (Wildman–Crippen LogP) is 2.14. The number of rotatable bonds is 4. The van der Waals surface area contributed by atoms with Crippen molar-refractivity contribution in [3.63, 3.8) is 0 Å². The number of aliphatic hydroxyl groups is 1. The molecule has 0 spiro atoms. The van der Waals surface area contributed by atoms with Crippen molar-refractivity contribution in [3.05, 3.63) is 29.3 Å². The molecule has 1 aromatic rings. The van der Waals surface area contributed by atoms with Gasteiger partial charge < -0.3 is 15.1 Å². The molecule has 0 saturated heterocycles. The molecule has 1 aromatic carbocycles. The van der Waals surface area contributed by atoms with Gasteiger partial charge in [-0.2, -0.15) is 0 Å². The molecule has 1 aliphatic carbocycles. The van der Waals surface area contributed by atoms with Gasteiger partial charge in [-0.25, -0.2) is 0 Å². The van der Waals surface area contributed by atoms with Crippen LogP contribution >= 0.6 is 11.6 Å². The van der Waals surface area contributed by atoms with Crippen LogP contribution < -0.4 is 4.90 Å². The maximum Gasteiger partial charge on any atom is 0.323 e. The number of hydrogen-bond acceptors (Lipinski definition) is 3. The van der Waals surface area contributed by atoms with Crippen LogP contribution in [-0.4, -0.2) is 34.9 Å². The molecule has 98 valence electrons. The highest BCUT2D eigenvalue weighted by molar-refractivity contribution is 6.30. The van der Waals surface area contributed by atoms with Crippen LogP contribution in [0, 0.1) is 0 Å². The number of carbonyl (C=O) groups is 1. The van der Waals surface area contributed by atoms with Gasteiger partial charge in [0.1, 0.15) is 6.54 Å². The predicted molar refractivity (Wildman–Crippen MR) is 70.1 cm³/mol. The van der Waals surface area contributed by atoms with Crippen molar-refractivity contribution in [2.45, 2.75) is 31.4 Å². The van der Waals surface area contributed by atoms with E-state index in [4.69, 9.17) is 16.7 Å². The summed E-state index contributed by atoms with van der Waals surface area (Å²) in [4.78, 5) is 12.7. The van der Waals surface area contributed by atoms with Gasteiger partial charge in [-0.05, 0) is 43.5 Å². The van der Waals surface area contributed by atoms with Crippen LogP contribution in [0.4, 0.5) is 5.69 Å². The molecule has 1 aliphatic rings. The Labute approximate surface area is 111 Å². The summed E-state index contributed by atoms with van der Waals surface area (Å²) in [6.45, 7) is -0.108. The van der Waals surface area contributed by atoms with Crippen LogP contribution in [0.25, 0.3) is 0 Å². The van der Waals surface area contributed by atoms with Gasteiger partial charge in [-0.3, -0.25) is 4.79 Å². The monoisotopic (exact) mass is 269 g/mol. The third-order valence-corrected chi connectivity index (χ3v) is 3.56. The molecule has 2 atom stereocenters. The van der Waals surface area contributed by atoms with E-state index in [0.29, 0.717) is 5.02 Å². The number of anilines is 1. The molecule has 0 amide bonds. The fourth-order valence-electron chi connectivity index (χ4n) is 2.46. The first-order valence-electron chi connectivity index (χ1n) is 6.00. The number of carboxylic acid groups (broad SMARTS) is 1. The molecule has 4 nitrogen and oxygen atoms in total. The summed E-state index contributed by atoms with van der Waals surface area (Å²) in [5.74, 6) is -0.899. The maximum atomic E-state index is 11.0. The van der Waals surface area contributed by atoms with Crippen molar-refractivity contribution in [2.24, 2.45) is 0 Å². The molecule has 2 unspecified atom stereocenters. The first-order chi connectivity index (χ1) is 8.58. The zero-order valence-corrected chi connectivity index (χ0v) is 10.7. The summed E-state index contributed by atoms with van der Waals surface area (Å²) in [5.41, 5.74) is 0.785. The summed E-state index contributed by atoms with van der Waals surface area (Å²) in [6.07, 6.45) is 2.01. The normalized spacial score (nSPS) is 23.0. The Morgan fingerprint density at radius 1 is 1.33 bits per heavy atom. The zero-order chi connectivity index (χ0) is 13.1. The van der Waals surface area contributed by atoms with Gasteiger partial charge in [0.2, 0.25) is 0 Å². The third kappa shape index (κ3) is 2.94. The van der Waals surface area contributed by atoms with Crippen molar-refractivity contribution in [1.29, 1.82) is 0 Å². The standard InChI is InChI=1S/C13H16ClNO3/c14-9-4-6-10(7-5-9)15(8-13(17)18)11-2-1-3-12(11)16/h4-7,11-12,16H,1-3,8H2,(H,17,18). The Bertz CT molecular complexity index is 421. The SMILES string of the molecule is O=C(O)CN(c1ccc(Cl)cc1)C1CCCC1O. The van der Waals surface area contributed by atoms with Crippen LogP contribution in [0.2, 0.25) is 5.02 Å². The minimum absolute atomic E-state index is 0.108. The van der Waals surface area contributed by atoms with Gasteiger partial charge in [0.25, 0.3) is 0 Å². The van der Waals surface area contributed by atoms with Crippen molar-refractivity contribution < 1.29 is 15.0 Å². The topological polar surface area (TPSA) is 60.8 Å². The average molecular weight is 270 g/mol. The van der Waals surface area contributed by atoms with Crippen molar-refractivity contribution in [1.82, 2.24) is 0 Å². The zero-order valence-electron chi connectivity index (χ0n) is 9.92. The van der Waals surface area contributed by atoms with Crippen LogP contribution in [0.3, 0.4) is 0 Å². The Morgan fingerprint density at radius 3 is 2.50 bits per heavy atom. The lowest BCUT2D eigenvalue weighted by Gasteiger charge is -2.31. The lowest BCUT2D eigenvalue weighted by molar-refractivity contribution is -0.135. The number of halogens is 1. The largest absolute Gasteiger partial charge is 0.480 e. The van der Waals surface area contributed by atoms with Crippen molar-refractivity contribution in [2.75, 3.05) is 11.4 Å². The van der Waals surface area contributed by atoms with Crippen LogP contribution in [0.5, 0.6) is 0 Å². The molecule has 1 fully saturated rings. The molecule has 2 rings (SSSR count). The van der Waals surface area contributed by atoms with Crippen molar-refractivity contribution >= 4 is 23.3 Å². The minimum Gasteiger partial charge on any atom is -0.480 e. The Hall–Kier alpha value is -1.26. The number of nitrogens with zero attached hydrogens (tertiary/aromatic N) is 1. The van der Waals surface area contributed by atoms with E-state index in [1.165, 1.54) is 0 Å². The quantitative estimate of drug-likeness (QED) is 0.879. The highest BCUT2D eigenvalue weighted by Crippen LogP contribution is 2.29. The third-order valence-electron chi connectivity index (χ3n) is 3.31. The molecule has 0 aliphatic heterocycles. The molecule has 1 saturated carbocycles. The molecular formula is C13H16ClNO3. The highest BCUT2D eigenvalue weighted by Gasteiger charge is 2.31. The molecule has 5 heteroatoms. The van der Waals surface area contributed by atoms with Gasteiger partial charge in [0, 0.05) is 10.7 Å². The summed E-state index contributed by atoms with van der Waals surface area (Å²) in [7, 11) is 0. The van der Waals surface area contributed by atoms with Gasteiger partial charge in [0.15, 0.2) is 0 Å². The minimum atomic E-state index is -0.899. The Morgan fingerprint density at radius 2 is 2.00 bits per heavy atom. The van der Waals surface area contributed by atoms with E-state index in [9.17, 15) is 9.90 Å². The second-order valence-corrected chi connectivity index (χ2v) is 5.00. The van der Waals surface area contributed by atoms with Crippen molar-refractivity contribution in [3.8, 4) is 0 Å². The summed E-state index contributed by atoms with van der Waals surface area (Å²) >= 11 is 5.83. The van der Waals surface area contributed by atoms with Gasteiger partial charge in [0.05, 0.1) is 12.1 Å². The lowest BCUT2D eigenvalue weighted by Crippen LogP contribution is -2.43. The van der Waals surface area contributed by atoms with Gasteiger partial charge >= 0.3 is 5.97 Å². The maximum absolute atomic E-state index is 11.0. The Kier molecular flexibility index (Phi) is 4.09. The lowest BCUT2D eigenvalue weighted by atomic mass is 10.1. The van der Waals surface area contributed by atoms with Crippen LogP contribution in [0.15, 0.2) is 24.3 Å². The van der Waals surface area contributed by atoms with E-state index < -0.39 is 12.1 Å². The smallest absolute Gasteiger partial charge is 0.323 e. The molecular weight excluding hydrogens is 254 g/mol. The average Bonchev–Trinajstić information content (AvgIpc) is 2.73. The summed E-state index contributed by atoms with van der Waals surface area (Å²) in [6, 6.07) is 6.91. The van der Waals surface area contributed by atoms with Gasteiger partial charge in [-0.1, -0.05) is 11.6 Å². The number of aliphatic hydroxyl groups excluding tert-OH is 1. The number of aliphatic carboxylic acids is 1. The summed E-state index contributed by atoms with van der Waals surface area (Å²) in [5, 5.41) is 19.5. The first-order valence-corrected chi connectivity index (χ1v) is 6.38.